The first-order chi connectivity index (χ1) is 11.6. The highest BCUT2D eigenvalue weighted by Gasteiger charge is 2.34. The molecule has 24 heavy (non-hydrogen) atoms. The topological polar surface area (TPSA) is 53.0 Å². The Bertz CT molecular complexity index is 563. The molecule has 1 saturated carbocycles. The maximum absolute atomic E-state index is 12.5. The molecule has 2 fully saturated rings. The lowest BCUT2D eigenvalue weighted by molar-refractivity contribution is -0.132. The van der Waals surface area contributed by atoms with Crippen LogP contribution in [0.2, 0.25) is 0 Å². The number of carbonyl (C=O) groups is 1. The minimum Gasteiger partial charge on any atom is -0.497 e. The van der Waals surface area contributed by atoms with Gasteiger partial charge in [-0.3, -0.25) is 9.69 Å². The van der Waals surface area contributed by atoms with Crippen LogP contribution in [0.1, 0.15) is 31.2 Å². The molecule has 1 aliphatic carbocycles. The third-order valence-corrected chi connectivity index (χ3v) is 5.39. The fourth-order valence-corrected chi connectivity index (χ4v) is 3.49. The Labute approximate surface area is 144 Å². The quantitative estimate of drug-likeness (QED) is 0.861. The Morgan fingerprint density at radius 1 is 1.25 bits per heavy atom. The molecule has 0 spiro atoms. The van der Waals surface area contributed by atoms with E-state index in [0.29, 0.717) is 6.42 Å². The van der Waals surface area contributed by atoms with Crippen molar-refractivity contribution in [2.75, 3.05) is 39.8 Å². The number of piperazine rings is 1. The smallest absolute Gasteiger partial charge is 0.227 e. The summed E-state index contributed by atoms with van der Waals surface area (Å²) in [4.78, 5) is 16.8. The molecule has 0 aromatic heterocycles. The summed E-state index contributed by atoms with van der Waals surface area (Å²) in [6.45, 7) is 4.30. The van der Waals surface area contributed by atoms with Gasteiger partial charge in [0.15, 0.2) is 0 Å². The maximum Gasteiger partial charge on any atom is 0.227 e. The van der Waals surface area contributed by atoms with Gasteiger partial charge in [-0.25, -0.2) is 0 Å². The molecular formula is C19H28N2O3. The average molecular weight is 332 g/mol. The first-order valence-electron chi connectivity index (χ1n) is 8.93. The van der Waals surface area contributed by atoms with Crippen LogP contribution in [0.4, 0.5) is 0 Å². The van der Waals surface area contributed by atoms with Gasteiger partial charge in [0.2, 0.25) is 5.91 Å². The van der Waals surface area contributed by atoms with Crippen molar-refractivity contribution < 1.29 is 14.6 Å². The lowest BCUT2D eigenvalue weighted by atomic mass is 9.78. The molecule has 1 N–H and O–H groups in total. The van der Waals surface area contributed by atoms with Gasteiger partial charge in [-0.1, -0.05) is 12.1 Å². The molecule has 1 amide bonds. The Balaban J connectivity index is 1.43. The van der Waals surface area contributed by atoms with Crippen molar-refractivity contribution in [2.45, 2.75) is 37.7 Å². The van der Waals surface area contributed by atoms with E-state index < -0.39 is 5.60 Å². The second-order valence-corrected chi connectivity index (χ2v) is 7.08. The van der Waals surface area contributed by atoms with E-state index >= 15 is 0 Å². The van der Waals surface area contributed by atoms with Crippen molar-refractivity contribution in [3.05, 3.63) is 29.8 Å². The standard InChI is InChI=1S/C19H28N2O3/c1-24-17-5-2-4-16(14-17)15-18(22)21-12-10-20(11-13-21)9-8-19(23)6-3-7-19/h2,4-5,14,23H,3,6-13,15H2,1H3. The minimum atomic E-state index is -0.403. The summed E-state index contributed by atoms with van der Waals surface area (Å²) < 4.78 is 5.21. The highest BCUT2D eigenvalue weighted by molar-refractivity contribution is 5.79. The summed E-state index contributed by atoms with van der Waals surface area (Å²) >= 11 is 0. The van der Waals surface area contributed by atoms with Gasteiger partial charge in [-0.15, -0.1) is 0 Å². The van der Waals surface area contributed by atoms with Gasteiger partial charge in [0.1, 0.15) is 5.75 Å². The van der Waals surface area contributed by atoms with Crippen molar-refractivity contribution >= 4 is 5.91 Å². The zero-order chi connectivity index (χ0) is 17.0. The SMILES string of the molecule is COc1cccc(CC(=O)N2CCN(CCC3(O)CCC3)CC2)c1. The van der Waals surface area contributed by atoms with Crippen LogP contribution in [0.25, 0.3) is 0 Å². The monoisotopic (exact) mass is 332 g/mol. The van der Waals surface area contributed by atoms with Crippen LogP contribution in [-0.2, 0) is 11.2 Å². The molecule has 5 nitrogen and oxygen atoms in total. The number of aliphatic hydroxyl groups is 1. The summed E-state index contributed by atoms with van der Waals surface area (Å²) in [6, 6.07) is 7.71. The molecular weight excluding hydrogens is 304 g/mol. The molecule has 1 aromatic rings. The van der Waals surface area contributed by atoms with Gasteiger partial charge in [-0.2, -0.15) is 0 Å². The molecule has 1 saturated heterocycles. The van der Waals surface area contributed by atoms with Crippen molar-refractivity contribution in [3.8, 4) is 5.75 Å². The number of rotatable bonds is 6. The summed E-state index contributed by atoms with van der Waals surface area (Å²) in [5.41, 5.74) is 0.591. The molecule has 2 aliphatic rings. The Kier molecular flexibility index (Phi) is 5.41. The zero-order valence-electron chi connectivity index (χ0n) is 14.5. The lowest BCUT2D eigenvalue weighted by Crippen LogP contribution is -2.50. The van der Waals surface area contributed by atoms with E-state index in [1.54, 1.807) is 7.11 Å². The van der Waals surface area contributed by atoms with E-state index in [9.17, 15) is 9.90 Å². The molecule has 0 atom stereocenters. The van der Waals surface area contributed by atoms with Crippen molar-refractivity contribution in [1.29, 1.82) is 0 Å². The van der Waals surface area contributed by atoms with Crippen molar-refractivity contribution in [2.24, 2.45) is 0 Å². The van der Waals surface area contributed by atoms with Crippen LogP contribution in [0.3, 0.4) is 0 Å². The van der Waals surface area contributed by atoms with Gasteiger partial charge in [0.05, 0.1) is 19.1 Å². The van der Waals surface area contributed by atoms with Crippen molar-refractivity contribution in [3.63, 3.8) is 0 Å². The third-order valence-electron chi connectivity index (χ3n) is 5.39. The average Bonchev–Trinajstić information content (AvgIpc) is 2.59. The van der Waals surface area contributed by atoms with Crippen LogP contribution < -0.4 is 4.74 Å². The van der Waals surface area contributed by atoms with E-state index in [2.05, 4.69) is 4.90 Å². The van der Waals surface area contributed by atoms with Gasteiger partial charge in [-0.05, 0) is 43.4 Å². The lowest BCUT2D eigenvalue weighted by Gasteiger charge is -2.40. The summed E-state index contributed by atoms with van der Waals surface area (Å²) in [5, 5.41) is 10.2. The number of carbonyl (C=O) groups excluding carboxylic acids is 1. The molecule has 3 rings (SSSR count). The number of amides is 1. The largest absolute Gasteiger partial charge is 0.497 e. The Morgan fingerprint density at radius 2 is 2.00 bits per heavy atom. The highest BCUT2D eigenvalue weighted by atomic mass is 16.5. The van der Waals surface area contributed by atoms with E-state index in [-0.39, 0.29) is 5.91 Å². The van der Waals surface area contributed by atoms with Crippen LogP contribution >= 0.6 is 0 Å². The zero-order valence-corrected chi connectivity index (χ0v) is 14.5. The maximum atomic E-state index is 12.5. The molecule has 0 bridgehead atoms. The number of nitrogens with zero attached hydrogens (tertiary/aromatic N) is 2. The van der Waals surface area contributed by atoms with Gasteiger partial charge < -0.3 is 14.7 Å². The van der Waals surface area contributed by atoms with E-state index in [1.165, 1.54) is 0 Å². The van der Waals surface area contributed by atoms with Crippen LogP contribution in [0, 0.1) is 0 Å². The number of benzene rings is 1. The summed E-state index contributed by atoms with van der Waals surface area (Å²) in [7, 11) is 1.64. The van der Waals surface area contributed by atoms with E-state index in [0.717, 1.165) is 69.7 Å². The second-order valence-electron chi connectivity index (χ2n) is 7.08. The predicted molar refractivity (Wildman–Crippen MR) is 93.1 cm³/mol. The van der Waals surface area contributed by atoms with Crippen molar-refractivity contribution in [1.82, 2.24) is 9.80 Å². The van der Waals surface area contributed by atoms with Gasteiger partial charge >= 0.3 is 0 Å². The fourth-order valence-electron chi connectivity index (χ4n) is 3.49. The number of ether oxygens (including phenoxy) is 1. The molecule has 0 unspecified atom stereocenters. The molecule has 132 valence electrons. The number of hydrogen-bond donors (Lipinski definition) is 1. The summed E-state index contributed by atoms with van der Waals surface area (Å²) in [5.74, 6) is 0.972. The molecule has 0 radical (unpaired) electrons. The molecule has 1 aromatic carbocycles. The van der Waals surface area contributed by atoms with Gasteiger partial charge in [0, 0.05) is 32.7 Å². The van der Waals surface area contributed by atoms with Crippen LogP contribution in [-0.4, -0.2) is 66.2 Å². The van der Waals surface area contributed by atoms with Crippen LogP contribution in [0.15, 0.2) is 24.3 Å². The van der Waals surface area contributed by atoms with Crippen LogP contribution in [0.5, 0.6) is 5.75 Å². The van der Waals surface area contributed by atoms with E-state index in [1.807, 2.05) is 29.2 Å². The molecule has 5 heteroatoms. The highest BCUT2D eigenvalue weighted by Crippen LogP contribution is 2.34. The third kappa shape index (κ3) is 4.28. The number of methoxy groups -OCH3 is 1. The first-order valence-corrected chi connectivity index (χ1v) is 8.93. The predicted octanol–water partition coefficient (Wildman–Crippen LogP) is 1.69. The van der Waals surface area contributed by atoms with Gasteiger partial charge in [0.25, 0.3) is 0 Å². The minimum absolute atomic E-state index is 0.181. The molecule has 1 aliphatic heterocycles. The first kappa shape index (κ1) is 17.2. The van der Waals surface area contributed by atoms with E-state index in [4.69, 9.17) is 4.74 Å². The Morgan fingerprint density at radius 3 is 2.62 bits per heavy atom. The normalized spacial score (nSPS) is 20.5. The fraction of sp³-hybridized carbons (Fsp3) is 0.632. The second kappa shape index (κ2) is 7.53. The molecule has 1 heterocycles. The number of hydrogen-bond acceptors (Lipinski definition) is 4. The summed E-state index contributed by atoms with van der Waals surface area (Å²) in [6.07, 6.45) is 4.35. The Hall–Kier alpha value is -1.59.